The van der Waals surface area contributed by atoms with Gasteiger partial charge in [0.1, 0.15) is 0 Å². The minimum absolute atomic E-state index is 1.24. The molecule has 9 aromatic rings. The van der Waals surface area contributed by atoms with Crippen LogP contribution in [0, 0.1) is 0 Å². The van der Waals surface area contributed by atoms with E-state index in [0.29, 0.717) is 0 Å². The zero-order valence-electron chi connectivity index (χ0n) is 23.0. The Morgan fingerprint density at radius 3 is 1.26 bits per heavy atom. The molecule has 0 nitrogen and oxygen atoms in total. The molecule has 194 valence electrons. The standard InChI is InChI=1S/C42H26/c1-2-7-30-23-31(11-9-27(30)5-1)32-17-19-38-35(24-32)13-14-36-25-33(18-20-39(36)38)34-12-10-29-16-21-40-37-8-4-3-6-28(37)15-22-41(40)42(29)26-34/h1-26H. The molecule has 0 heterocycles. The third-order valence-electron chi connectivity index (χ3n) is 9.00. The first-order valence-electron chi connectivity index (χ1n) is 14.6. The maximum atomic E-state index is 2.37. The van der Waals surface area contributed by atoms with Gasteiger partial charge in [0.2, 0.25) is 0 Å². The SMILES string of the molecule is c1ccc2cc(-c3ccc4c(ccc5cc(-c6ccc7ccc8c9ccccc9ccc8c7c6)ccc54)c3)ccc2c1. The lowest BCUT2D eigenvalue weighted by atomic mass is 9.92. The van der Waals surface area contributed by atoms with Crippen LogP contribution < -0.4 is 0 Å². The van der Waals surface area contributed by atoms with E-state index in [1.54, 1.807) is 0 Å². The highest BCUT2D eigenvalue weighted by Gasteiger charge is 2.09. The molecule has 9 rings (SSSR count). The molecule has 0 N–H and O–H groups in total. The summed E-state index contributed by atoms with van der Waals surface area (Å²) in [4.78, 5) is 0. The Balaban J connectivity index is 1.14. The Labute approximate surface area is 244 Å². The molecule has 0 saturated carbocycles. The van der Waals surface area contributed by atoms with Gasteiger partial charge in [0.05, 0.1) is 0 Å². The number of hydrogen-bond donors (Lipinski definition) is 0. The summed E-state index contributed by atoms with van der Waals surface area (Å²) in [5, 5.41) is 15.5. The fourth-order valence-corrected chi connectivity index (χ4v) is 6.80. The molecule has 0 heteroatoms. The van der Waals surface area contributed by atoms with E-state index in [1.807, 2.05) is 0 Å². The number of rotatable bonds is 2. The highest BCUT2D eigenvalue weighted by molar-refractivity contribution is 6.18. The Morgan fingerprint density at radius 1 is 0.190 bits per heavy atom. The number of fused-ring (bicyclic) bond motifs is 9. The first-order chi connectivity index (χ1) is 20.8. The summed E-state index contributed by atoms with van der Waals surface area (Å²) >= 11 is 0. The van der Waals surface area contributed by atoms with Gasteiger partial charge in [-0.3, -0.25) is 0 Å². The first-order valence-corrected chi connectivity index (χ1v) is 14.6. The second-order valence-electron chi connectivity index (χ2n) is 11.4. The van der Waals surface area contributed by atoms with Crippen molar-refractivity contribution in [3.8, 4) is 22.3 Å². The minimum Gasteiger partial charge on any atom is -0.0616 e. The largest absolute Gasteiger partial charge is 0.0616 e. The number of benzene rings is 9. The van der Waals surface area contributed by atoms with Crippen molar-refractivity contribution in [1.29, 1.82) is 0 Å². The second kappa shape index (κ2) is 9.03. The summed E-state index contributed by atoms with van der Waals surface area (Å²) in [5.74, 6) is 0. The molecule has 9 aromatic carbocycles. The monoisotopic (exact) mass is 530 g/mol. The van der Waals surface area contributed by atoms with Gasteiger partial charge in [0.25, 0.3) is 0 Å². The summed E-state index contributed by atoms with van der Waals surface area (Å²) < 4.78 is 0. The summed E-state index contributed by atoms with van der Waals surface area (Å²) in [6.07, 6.45) is 0. The summed E-state index contributed by atoms with van der Waals surface area (Å²) in [5.41, 5.74) is 4.99. The van der Waals surface area contributed by atoms with Gasteiger partial charge >= 0.3 is 0 Å². The van der Waals surface area contributed by atoms with Gasteiger partial charge in [-0.25, -0.2) is 0 Å². The molecule has 0 amide bonds. The molecule has 0 atom stereocenters. The minimum atomic E-state index is 1.24. The molecule has 0 saturated heterocycles. The molecular formula is C42H26. The Kier molecular flexibility index (Phi) is 5.00. The highest BCUT2D eigenvalue weighted by Crippen LogP contribution is 2.36. The van der Waals surface area contributed by atoms with Crippen molar-refractivity contribution in [2.45, 2.75) is 0 Å². The number of hydrogen-bond acceptors (Lipinski definition) is 0. The average molecular weight is 531 g/mol. The Bertz CT molecular complexity index is 2510. The summed E-state index contributed by atoms with van der Waals surface area (Å²) in [6, 6.07) is 58.2. The van der Waals surface area contributed by atoms with Crippen molar-refractivity contribution < 1.29 is 0 Å². The summed E-state index contributed by atoms with van der Waals surface area (Å²) in [6.45, 7) is 0. The van der Waals surface area contributed by atoms with Gasteiger partial charge in [0.15, 0.2) is 0 Å². The molecule has 0 aliphatic rings. The Hall–Kier alpha value is -5.46. The predicted molar refractivity (Wildman–Crippen MR) is 182 cm³/mol. The smallest absolute Gasteiger partial charge is 0.00987 e. The first kappa shape index (κ1) is 23.3. The molecule has 0 radical (unpaired) electrons. The zero-order valence-corrected chi connectivity index (χ0v) is 23.0. The Morgan fingerprint density at radius 2 is 0.571 bits per heavy atom. The molecule has 0 bridgehead atoms. The van der Waals surface area contributed by atoms with Crippen molar-refractivity contribution in [3.05, 3.63) is 158 Å². The van der Waals surface area contributed by atoms with Crippen LogP contribution in [0.3, 0.4) is 0 Å². The van der Waals surface area contributed by atoms with Crippen LogP contribution in [0.15, 0.2) is 158 Å². The van der Waals surface area contributed by atoms with Gasteiger partial charge in [-0.15, -0.1) is 0 Å². The fourth-order valence-electron chi connectivity index (χ4n) is 6.80. The van der Waals surface area contributed by atoms with E-state index < -0.39 is 0 Å². The van der Waals surface area contributed by atoms with Crippen molar-refractivity contribution in [3.63, 3.8) is 0 Å². The molecule has 42 heavy (non-hydrogen) atoms. The van der Waals surface area contributed by atoms with Gasteiger partial charge in [-0.1, -0.05) is 133 Å². The maximum Gasteiger partial charge on any atom is -0.00987 e. The zero-order chi connectivity index (χ0) is 27.6. The van der Waals surface area contributed by atoms with Gasteiger partial charge < -0.3 is 0 Å². The van der Waals surface area contributed by atoms with Crippen LogP contribution in [0.5, 0.6) is 0 Å². The normalized spacial score (nSPS) is 11.8. The summed E-state index contributed by atoms with van der Waals surface area (Å²) in [7, 11) is 0. The topological polar surface area (TPSA) is 0 Å². The van der Waals surface area contributed by atoms with Crippen molar-refractivity contribution >= 4 is 64.6 Å². The third-order valence-corrected chi connectivity index (χ3v) is 9.00. The van der Waals surface area contributed by atoms with E-state index >= 15 is 0 Å². The van der Waals surface area contributed by atoms with Gasteiger partial charge in [0, 0.05) is 0 Å². The van der Waals surface area contributed by atoms with E-state index in [4.69, 9.17) is 0 Å². The molecule has 0 fully saturated rings. The van der Waals surface area contributed by atoms with Crippen LogP contribution >= 0.6 is 0 Å². The van der Waals surface area contributed by atoms with Crippen molar-refractivity contribution in [1.82, 2.24) is 0 Å². The molecule has 0 unspecified atom stereocenters. The van der Waals surface area contributed by atoms with Gasteiger partial charge in [-0.2, -0.15) is 0 Å². The fraction of sp³-hybridized carbons (Fsp3) is 0. The highest BCUT2D eigenvalue weighted by atomic mass is 14.1. The van der Waals surface area contributed by atoms with Crippen LogP contribution in [0.2, 0.25) is 0 Å². The molecule has 0 aliphatic heterocycles. The van der Waals surface area contributed by atoms with Crippen molar-refractivity contribution in [2.75, 3.05) is 0 Å². The second-order valence-corrected chi connectivity index (χ2v) is 11.4. The third kappa shape index (κ3) is 3.62. The van der Waals surface area contributed by atoms with Crippen LogP contribution in [-0.4, -0.2) is 0 Å². The lowest BCUT2D eigenvalue weighted by molar-refractivity contribution is 1.67. The van der Waals surface area contributed by atoms with E-state index in [0.717, 1.165) is 0 Å². The van der Waals surface area contributed by atoms with E-state index in [9.17, 15) is 0 Å². The van der Waals surface area contributed by atoms with E-state index in [-0.39, 0.29) is 0 Å². The van der Waals surface area contributed by atoms with E-state index in [2.05, 4.69) is 158 Å². The lowest BCUT2D eigenvalue weighted by Gasteiger charge is -2.11. The molecule has 0 spiro atoms. The molecule has 0 aliphatic carbocycles. The van der Waals surface area contributed by atoms with Crippen LogP contribution in [0.25, 0.3) is 86.9 Å². The van der Waals surface area contributed by atoms with Crippen LogP contribution in [0.1, 0.15) is 0 Å². The average Bonchev–Trinajstić information content (AvgIpc) is 3.07. The van der Waals surface area contributed by atoms with Crippen molar-refractivity contribution in [2.24, 2.45) is 0 Å². The molecular weight excluding hydrogens is 504 g/mol. The van der Waals surface area contributed by atoms with E-state index in [1.165, 1.54) is 86.9 Å². The maximum absolute atomic E-state index is 2.37. The van der Waals surface area contributed by atoms with Crippen LogP contribution in [0.4, 0.5) is 0 Å². The predicted octanol–water partition coefficient (Wildman–Crippen LogP) is 11.9. The quantitative estimate of drug-likeness (QED) is 0.195. The van der Waals surface area contributed by atoms with Gasteiger partial charge in [-0.05, 0) is 111 Å². The molecule has 0 aromatic heterocycles. The lowest BCUT2D eigenvalue weighted by Crippen LogP contribution is -1.85. The van der Waals surface area contributed by atoms with Crippen LogP contribution in [-0.2, 0) is 0 Å².